The first-order valence-electron chi connectivity index (χ1n) is 6.56. The fraction of sp³-hybridized carbons (Fsp3) is 0.923. The fourth-order valence-electron chi connectivity index (χ4n) is 2.20. The van der Waals surface area contributed by atoms with E-state index in [0.717, 1.165) is 26.1 Å². The van der Waals surface area contributed by atoms with Crippen LogP contribution in [0.1, 0.15) is 34.1 Å². The molecule has 1 unspecified atom stereocenters. The van der Waals surface area contributed by atoms with E-state index >= 15 is 0 Å². The Balaban J connectivity index is 0.00000289. The number of rotatable bonds is 4. The zero-order valence-electron chi connectivity index (χ0n) is 12.0. The summed E-state index contributed by atoms with van der Waals surface area (Å²) in [5.74, 6) is 0.634. The van der Waals surface area contributed by atoms with Gasteiger partial charge in [0.1, 0.15) is 0 Å². The lowest BCUT2D eigenvalue weighted by atomic mass is 9.80. The third-order valence-corrected chi connectivity index (χ3v) is 3.47. The summed E-state index contributed by atoms with van der Waals surface area (Å²) in [5, 5.41) is 2.96. The van der Waals surface area contributed by atoms with Crippen molar-refractivity contribution in [2.45, 2.75) is 40.2 Å². The Morgan fingerprint density at radius 2 is 2.11 bits per heavy atom. The number of piperidine rings is 1. The maximum atomic E-state index is 11.7. The van der Waals surface area contributed by atoms with E-state index in [0.29, 0.717) is 12.5 Å². The molecular formula is C13H28ClN3O. The van der Waals surface area contributed by atoms with Crippen LogP contribution in [0, 0.1) is 11.3 Å². The number of nitrogens with two attached hydrogens (primary N) is 1. The van der Waals surface area contributed by atoms with E-state index < -0.39 is 0 Å². The minimum atomic E-state index is 0. The van der Waals surface area contributed by atoms with Crippen LogP contribution in [-0.2, 0) is 4.79 Å². The first-order valence-corrected chi connectivity index (χ1v) is 6.56. The molecule has 1 saturated heterocycles. The molecule has 0 aromatic carbocycles. The summed E-state index contributed by atoms with van der Waals surface area (Å²) in [6, 6.07) is 0.248. The van der Waals surface area contributed by atoms with Crippen LogP contribution in [0.5, 0.6) is 0 Å². The second kappa shape index (κ2) is 7.31. The highest BCUT2D eigenvalue weighted by Crippen LogP contribution is 2.27. The summed E-state index contributed by atoms with van der Waals surface area (Å²) in [6.07, 6.45) is 0.977. The lowest BCUT2D eigenvalue weighted by molar-refractivity contribution is -0.123. The number of likely N-dealkylation sites (tertiary alicyclic amines) is 1. The molecule has 0 radical (unpaired) electrons. The van der Waals surface area contributed by atoms with Gasteiger partial charge in [0.2, 0.25) is 5.91 Å². The fourth-order valence-corrected chi connectivity index (χ4v) is 2.20. The first-order chi connectivity index (χ1) is 7.81. The molecule has 4 nitrogen and oxygen atoms in total. The van der Waals surface area contributed by atoms with Gasteiger partial charge in [0.15, 0.2) is 0 Å². The third-order valence-electron chi connectivity index (χ3n) is 3.47. The molecule has 0 bridgehead atoms. The predicted octanol–water partition coefficient (Wildman–Crippen LogP) is 1.24. The average Bonchev–Trinajstić information content (AvgIpc) is 2.20. The molecule has 3 N–H and O–H groups in total. The van der Waals surface area contributed by atoms with Gasteiger partial charge in [-0.3, -0.25) is 9.69 Å². The number of halogens is 1. The second-order valence-electron chi connectivity index (χ2n) is 6.29. The molecule has 0 aromatic heterocycles. The van der Waals surface area contributed by atoms with Crippen molar-refractivity contribution in [2.24, 2.45) is 17.1 Å². The smallest absolute Gasteiger partial charge is 0.234 e. The number of nitrogens with zero attached hydrogens (tertiary/aromatic N) is 1. The monoisotopic (exact) mass is 277 g/mol. The van der Waals surface area contributed by atoms with Gasteiger partial charge in [0.05, 0.1) is 6.54 Å². The van der Waals surface area contributed by atoms with E-state index in [4.69, 9.17) is 5.73 Å². The lowest BCUT2D eigenvalue weighted by Crippen LogP contribution is -2.54. The Hall–Kier alpha value is -0.320. The molecule has 0 saturated carbocycles. The van der Waals surface area contributed by atoms with Gasteiger partial charge < -0.3 is 11.1 Å². The number of nitrogens with one attached hydrogen (secondary N) is 1. The van der Waals surface area contributed by atoms with Crippen molar-refractivity contribution in [3.63, 3.8) is 0 Å². The molecule has 1 aliphatic rings. The third kappa shape index (κ3) is 5.55. The normalized spacial score (nSPS) is 23.6. The zero-order chi connectivity index (χ0) is 13.1. The molecule has 5 heteroatoms. The molecule has 0 spiro atoms. The quantitative estimate of drug-likeness (QED) is 0.813. The van der Waals surface area contributed by atoms with Gasteiger partial charge in [-0.15, -0.1) is 12.4 Å². The largest absolute Gasteiger partial charge is 0.355 e. The Bertz CT molecular complexity index is 269. The minimum absolute atomic E-state index is 0. The van der Waals surface area contributed by atoms with Crippen LogP contribution >= 0.6 is 12.4 Å². The van der Waals surface area contributed by atoms with Crippen LogP contribution in [0.3, 0.4) is 0 Å². The second-order valence-corrected chi connectivity index (χ2v) is 6.29. The molecule has 1 fully saturated rings. The van der Waals surface area contributed by atoms with Crippen LogP contribution in [0.25, 0.3) is 0 Å². The highest BCUT2D eigenvalue weighted by atomic mass is 35.5. The molecule has 1 aliphatic heterocycles. The van der Waals surface area contributed by atoms with E-state index in [9.17, 15) is 4.79 Å². The highest BCUT2D eigenvalue weighted by molar-refractivity contribution is 5.85. The van der Waals surface area contributed by atoms with Gasteiger partial charge in [-0.2, -0.15) is 0 Å². The molecule has 0 aromatic rings. The summed E-state index contributed by atoms with van der Waals surface area (Å²) >= 11 is 0. The Labute approximate surface area is 117 Å². The lowest BCUT2D eigenvalue weighted by Gasteiger charge is -2.42. The van der Waals surface area contributed by atoms with Crippen molar-refractivity contribution in [1.82, 2.24) is 10.2 Å². The summed E-state index contributed by atoms with van der Waals surface area (Å²) < 4.78 is 0. The number of amides is 1. The summed E-state index contributed by atoms with van der Waals surface area (Å²) in [5.41, 5.74) is 6.18. The summed E-state index contributed by atoms with van der Waals surface area (Å²) in [4.78, 5) is 13.9. The highest BCUT2D eigenvalue weighted by Gasteiger charge is 2.33. The Morgan fingerprint density at radius 1 is 1.50 bits per heavy atom. The number of hydrogen-bond donors (Lipinski definition) is 2. The van der Waals surface area contributed by atoms with Gasteiger partial charge in [0.25, 0.3) is 0 Å². The van der Waals surface area contributed by atoms with Crippen LogP contribution < -0.4 is 11.1 Å². The minimum Gasteiger partial charge on any atom is -0.355 e. The van der Waals surface area contributed by atoms with Crippen LogP contribution in [0.15, 0.2) is 0 Å². The van der Waals surface area contributed by atoms with E-state index in [-0.39, 0.29) is 29.8 Å². The topological polar surface area (TPSA) is 58.4 Å². The molecular weight excluding hydrogens is 250 g/mol. The molecule has 0 aliphatic carbocycles. The maximum absolute atomic E-state index is 11.7. The predicted molar refractivity (Wildman–Crippen MR) is 77.9 cm³/mol. The standard InChI is InChI=1S/C13H27N3O.ClH/c1-10(2)7-15-12(17)8-16-6-5-11(14)13(3,4)9-16;/h10-11H,5-9,14H2,1-4H3,(H,15,17);1H. The van der Waals surface area contributed by atoms with Gasteiger partial charge in [-0.1, -0.05) is 27.7 Å². The van der Waals surface area contributed by atoms with Crippen molar-refractivity contribution in [3.8, 4) is 0 Å². The van der Waals surface area contributed by atoms with E-state index in [1.165, 1.54) is 0 Å². The van der Waals surface area contributed by atoms with Crippen molar-refractivity contribution < 1.29 is 4.79 Å². The molecule has 1 heterocycles. The number of carbonyl (C=O) groups is 1. The molecule has 1 atom stereocenters. The van der Waals surface area contributed by atoms with Crippen LogP contribution in [0.2, 0.25) is 0 Å². The van der Waals surface area contributed by atoms with E-state index in [1.54, 1.807) is 0 Å². The van der Waals surface area contributed by atoms with Crippen molar-refractivity contribution in [3.05, 3.63) is 0 Å². The van der Waals surface area contributed by atoms with Gasteiger partial charge in [-0.05, 0) is 17.8 Å². The molecule has 18 heavy (non-hydrogen) atoms. The number of hydrogen-bond acceptors (Lipinski definition) is 3. The first kappa shape index (κ1) is 17.7. The maximum Gasteiger partial charge on any atom is 0.234 e. The Kier molecular flexibility index (Phi) is 7.18. The summed E-state index contributed by atoms with van der Waals surface area (Å²) in [7, 11) is 0. The van der Waals surface area contributed by atoms with Crippen molar-refractivity contribution in [1.29, 1.82) is 0 Å². The van der Waals surface area contributed by atoms with Gasteiger partial charge in [-0.25, -0.2) is 0 Å². The van der Waals surface area contributed by atoms with Crippen molar-refractivity contribution in [2.75, 3.05) is 26.2 Å². The SMILES string of the molecule is CC(C)CNC(=O)CN1CCC(N)C(C)(C)C1.Cl. The van der Waals surface area contributed by atoms with E-state index in [2.05, 4.69) is 37.9 Å². The number of carbonyl (C=O) groups excluding carboxylic acids is 1. The van der Waals surface area contributed by atoms with E-state index in [1.807, 2.05) is 0 Å². The van der Waals surface area contributed by atoms with Crippen molar-refractivity contribution >= 4 is 18.3 Å². The molecule has 1 amide bonds. The average molecular weight is 278 g/mol. The summed E-state index contributed by atoms with van der Waals surface area (Å²) in [6.45, 7) is 11.7. The van der Waals surface area contributed by atoms with Crippen LogP contribution in [0.4, 0.5) is 0 Å². The Morgan fingerprint density at radius 3 is 2.61 bits per heavy atom. The van der Waals surface area contributed by atoms with Gasteiger partial charge >= 0.3 is 0 Å². The molecule has 1 rings (SSSR count). The van der Waals surface area contributed by atoms with Gasteiger partial charge in [0, 0.05) is 25.7 Å². The van der Waals surface area contributed by atoms with Crippen LogP contribution in [-0.4, -0.2) is 43.0 Å². The zero-order valence-corrected chi connectivity index (χ0v) is 12.8. The molecule has 108 valence electrons.